The van der Waals surface area contributed by atoms with Gasteiger partial charge in [0.05, 0.1) is 0 Å². The molecule has 0 saturated carbocycles. The Labute approximate surface area is 160 Å². The second kappa shape index (κ2) is 7.47. The molecule has 1 heterocycles. The van der Waals surface area contributed by atoms with E-state index in [9.17, 15) is 52.7 Å². The molecule has 0 bridgehead atoms. The second-order valence-electron chi connectivity index (χ2n) is 5.53. The summed E-state index contributed by atoms with van der Waals surface area (Å²) in [4.78, 5) is 0. The average Bonchev–Trinajstić information content (AvgIpc) is 2.78. The van der Waals surface area contributed by atoms with E-state index in [1.165, 1.54) is 0 Å². The van der Waals surface area contributed by atoms with Gasteiger partial charge in [0.2, 0.25) is 0 Å². The first-order valence-corrected chi connectivity index (χ1v) is 9.65. The fourth-order valence-electron chi connectivity index (χ4n) is 2.82. The third kappa shape index (κ3) is 3.54. The van der Waals surface area contributed by atoms with Crippen LogP contribution in [0.15, 0.2) is 0 Å². The summed E-state index contributed by atoms with van der Waals surface area (Å²) < 4.78 is 184. The van der Waals surface area contributed by atoms with Gasteiger partial charge in [-0.3, -0.25) is 0 Å². The van der Waals surface area contributed by atoms with Crippen molar-refractivity contribution in [2.24, 2.45) is 0 Å². The van der Waals surface area contributed by atoms with E-state index < -0.39 is 63.5 Å². The molecule has 1 rings (SSSR count). The van der Waals surface area contributed by atoms with Crippen molar-refractivity contribution in [1.82, 2.24) is 0 Å². The van der Waals surface area contributed by atoms with Crippen molar-refractivity contribution in [3.63, 3.8) is 0 Å². The molecule has 182 valence electrons. The van der Waals surface area contributed by atoms with Crippen LogP contribution in [0.25, 0.3) is 0 Å². The number of rotatable bonds is 6. The summed E-state index contributed by atoms with van der Waals surface area (Å²) in [6, 6.07) is 0. The van der Waals surface area contributed by atoms with Crippen LogP contribution in [-0.2, 0) is 22.6 Å². The third-order valence-electron chi connectivity index (χ3n) is 3.68. The molecular formula is C12H15F12O5P. The number of hydrogen-bond acceptors (Lipinski definition) is 5. The van der Waals surface area contributed by atoms with Gasteiger partial charge in [0.15, 0.2) is 0 Å². The maximum atomic E-state index is 13.6. The van der Waals surface area contributed by atoms with Crippen LogP contribution in [0.5, 0.6) is 0 Å². The van der Waals surface area contributed by atoms with Gasteiger partial charge < -0.3 is 0 Å². The van der Waals surface area contributed by atoms with Crippen LogP contribution in [0.1, 0.15) is 20.8 Å². The normalized spacial score (nSPS) is 25.0. The molecule has 0 aliphatic carbocycles. The molecule has 0 amide bonds. The van der Waals surface area contributed by atoms with Gasteiger partial charge in [-0.25, -0.2) is 0 Å². The Morgan fingerprint density at radius 1 is 0.533 bits per heavy atom. The Morgan fingerprint density at radius 2 is 0.733 bits per heavy atom. The van der Waals surface area contributed by atoms with E-state index in [0.29, 0.717) is 0 Å². The molecule has 0 spiro atoms. The second-order valence-corrected chi connectivity index (χ2v) is 8.17. The van der Waals surface area contributed by atoms with Crippen LogP contribution < -0.4 is 0 Å². The third-order valence-corrected chi connectivity index (χ3v) is 6.87. The molecule has 1 aliphatic rings. The van der Waals surface area contributed by atoms with E-state index in [-0.39, 0.29) is 0 Å². The predicted octanol–water partition coefficient (Wildman–Crippen LogP) is 6.00. The molecule has 30 heavy (non-hydrogen) atoms. The molecule has 18 heteroatoms. The van der Waals surface area contributed by atoms with Crippen molar-refractivity contribution in [2.75, 3.05) is 19.8 Å². The van der Waals surface area contributed by atoms with Gasteiger partial charge in [-0.15, -0.1) is 0 Å². The molecule has 1 aliphatic heterocycles. The van der Waals surface area contributed by atoms with Crippen LogP contribution in [0, 0.1) is 0 Å². The zero-order valence-corrected chi connectivity index (χ0v) is 16.0. The minimum absolute atomic E-state index is 0.809. The number of alkyl halides is 12. The monoisotopic (exact) mass is 498 g/mol. The Morgan fingerprint density at radius 3 is 0.867 bits per heavy atom. The van der Waals surface area contributed by atoms with Crippen molar-refractivity contribution in [3.8, 4) is 0 Å². The maximum absolute atomic E-state index is 13.6. The van der Waals surface area contributed by atoms with Crippen LogP contribution in [0.4, 0.5) is 52.7 Å². The van der Waals surface area contributed by atoms with Crippen molar-refractivity contribution >= 4 is 7.74 Å². The Hall–Kier alpha value is -0.610. The van der Waals surface area contributed by atoms with Gasteiger partial charge in [-0.2, -0.15) is 0 Å². The zero-order valence-electron chi connectivity index (χ0n) is 15.1. The summed E-state index contributed by atoms with van der Waals surface area (Å²) >= 11 is 0. The molecule has 0 aromatic rings. The van der Waals surface area contributed by atoms with Crippen LogP contribution >= 0.6 is 7.74 Å². The summed E-state index contributed by atoms with van der Waals surface area (Å²) in [7, 11) is -7.28. The van der Waals surface area contributed by atoms with E-state index in [1.54, 1.807) is 0 Å². The number of halogens is 12. The summed E-state index contributed by atoms with van der Waals surface area (Å²) in [5.74, 6) is 0. The Kier molecular flexibility index (Phi) is 6.83. The van der Waals surface area contributed by atoms with Gasteiger partial charge in [0.1, 0.15) is 0 Å². The average molecular weight is 498 g/mol. The minimum atomic E-state index is -7.39. The molecule has 0 radical (unpaired) electrons. The zero-order chi connectivity index (χ0) is 24.1. The molecule has 1 saturated heterocycles. The standard InChI is InChI=1S/C12H15F12O5P/c1-4-25-30(26-5-2,27-6-3)28-7(9(13,14)15,10(16,17)18)8(29-30,11(19,20)21)12(22,23)24/h4-6H2,1-3H3. The Bertz CT molecular complexity index is 533. The van der Waals surface area contributed by atoms with E-state index in [0.717, 1.165) is 20.8 Å². The van der Waals surface area contributed by atoms with Crippen LogP contribution in [0.2, 0.25) is 0 Å². The summed E-state index contributed by atoms with van der Waals surface area (Å²) in [6.07, 6.45) is -29.6. The quantitative estimate of drug-likeness (QED) is 0.332. The van der Waals surface area contributed by atoms with E-state index in [2.05, 4.69) is 22.6 Å². The van der Waals surface area contributed by atoms with E-state index >= 15 is 0 Å². The molecule has 0 N–H and O–H groups in total. The molecule has 0 atom stereocenters. The molecule has 1 fully saturated rings. The first-order chi connectivity index (χ1) is 13.2. The van der Waals surface area contributed by atoms with Gasteiger partial charge in [0, 0.05) is 0 Å². The van der Waals surface area contributed by atoms with Crippen molar-refractivity contribution < 1.29 is 75.3 Å². The molecule has 0 aromatic carbocycles. The fourth-order valence-corrected chi connectivity index (χ4v) is 6.23. The van der Waals surface area contributed by atoms with Gasteiger partial charge in [-0.1, -0.05) is 0 Å². The fraction of sp³-hybridized carbons (Fsp3) is 1.00. The van der Waals surface area contributed by atoms with Gasteiger partial charge >= 0.3 is 160 Å². The van der Waals surface area contributed by atoms with Crippen LogP contribution in [0.3, 0.4) is 0 Å². The molecule has 0 aromatic heterocycles. The van der Waals surface area contributed by atoms with Crippen molar-refractivity contribution in [3.05, 3.63) is 0 Å². The molecule has 0 unspecified atom stereocenters. The first-order valence-electron chi connectivity index (χ1n) is 7.83. The van der Waals surface area contributed by atoms with Crippen molar-refractivity contribution in [2.45, 2.75) is 56.7 Å². The summed E-state index contributed by atoms with van der Waals surface area (Å²) in [6.45, 7) is -0.879. The topological polar surface area (TPSA) is 46.2 Å². The molecular weight excluding hydrogens is 483 g/mol. The Balaban J connectivity index is 4.34. The van der Waals surface area contributed by atoms with Gasteiger partial charge in [0.25, 0.3) is 0 Å². The van der Waals surface area contributed by atoms with Crippen LogP contribution in [-0.4, -0.2) is 55.7 Å². The summed E-state index contributed by atoms with van der Waals surface area (Å²) in [5.41, 5.74) is -14.1. The predicted molar refractivity (Wildman–Crippen MR) is 73.7 cm³/mol. The van der Waals surface area contributed by atoms with E-state index in [4.69, 9.17) is 0 Å². The van der Waals surface area contributed by atoms with E-state index in [1.807, 2.05) is 0 Å². The molecule has 5 nitrogen and oxygen atoms in total. The number of hydrogen-bond donors (Lipinski definition) is 0. The SMILES string of the molecule is CCOP1(OCC)(OCC)OC(C(F)(F)F)(C(F)(F)F)C(C(F)(F)F)(C(F)(F)F)O1. The van der Waals surface area contributed by atoms with Crippen molar-refractivity contribution in [1.29, 1.82) is 0 Å². The first kappa shape index (κ1) is 27.4. The van der Waals surface area contributed by atoms with Gasteiger partial charge in [-0.05, 0) is 0 Å². The summed E-state index contributed by atoms with van der Waals surface area (Å²) in [5, 5.41) is 0.